The molecule has 1 heterocycles. The number of hydrogen-bond donors (Lipinski definition) is 0. The fourth-order valence-electron chi connectivity index (χ4n) is 3.41. The third-order valence-corrected chi connectivity index (χ3v) is 4.01. The maximum atomic E-state index is 10.6. The van der Waals surface area contributed by atoms with E-state index in [4.69, 9.17) is 9.57 Å². The Morgan fingerprint density at radius 1 is 1.14 bits per heavy atom. The molecule has 0 radical (unpaired) electrons. The molecule has 1 saturated heterocycles. The minimum atomic E-state index is -0.190. The second-order valence-electron chi connectivity index (χ2n) is 6.94. The van der Waals surface area contributed by atoms with Gasteiger partial charge < -0.3 is 4.74 Å². The van der Waals surface area contributed by atoms with Crippen LogP contribution in [0.15, 0.2) is 30.3 Å². The predicted octanol–water partition coefficient (Wildman–Crippen LogP) is 3.31. The smallest absolute Gasteiger partial charge is 0.293 e. The number of benzene rings is 1. The van der Waals surface area contributed by atoms with E-state index in [1.807, 2.05) is 18.2 Å². The molecule has 21 heavy (non-hydrogen) atoms. The standard InChI is InChI=1S/C17H25NO3/c1-16(2)10-15(20-13-19)11-17(3,4)18(16)21-12-14-8-6-5-7-9-14/h5-9,13,15H,10-12H2,1-4H3. The SMILES string of the molecule is CC1(C)CC(OC=O)CC(C)(C)N1OCc1ccccc1. The average molecular weight is 291 g/mol. The summed E-state index contributed by atoms with van der Waals surface area (Å²) in [5, 5.41) is 2.07. The van der Waals surface area contributed by atoms with Crippen molar-refractivity contribution in [1.82, 2.24) is 5.06 Å². The quantitative estimate of drug-likeness (QED) is 0.780. The van der Waals surface area contributed by atoms with Crippen LogP contribution in [0.4, 0.5) is 0 Å². The highest BCUT2D eigenvalue weighted by Crippen LogP contribution is 2.39. The van der Waals surface area contributed by atoms with Crippen molar-refractivity contribution in [2.45, 2.75) is 64.3 Å². The first-order valence-corrected chi connectivity index (χ1v) is 7.41. The Morgan fingerprint density at radius 2 is 1.71 bits per heavy atom. The summed E-state index contributed by atoms with van der Waals surface area (Å²) < 4.78 is 5.20. The van der Waals surface area contributed by atoms with Gasteiger partial charge >= 0.3 is 0 Å². The lowest BCUT2D eigenvalue weighted by molar-refractivity contribution is -0.299. The van der Waals surface area contributed by atoms with Crippen LogP contribution in [0.1, 0.15) is 46.1 Å². The van der Waals surface area contributed by atoms with Gasteiger partial charge in [-0.05, 0) is 33.3 Å². The van der Waals surface area contributed by atoms with Crippen molar-refractivity contribution in [2.75, 3.05) is 0 Å². The minimum Gasteiger partial charge on any atom is -0.464 e. The molecular weight excluding hydrogens is 266 g/mol. The van der Waals surface area contributed by atoms with Gasteiger partial charge in [0.1, 0.15) is 6.10 Å². The van der Waals surface area contributed by atoms with Gasteiger partial charge in [-0.3, -0.25) is 9.63 Å². The minimum absolute atomic E-state index is 0.0518. The highest BCUT2D eigenvalue weighted by molar-refractivity contribution is 5.37. The van der Waals surface area contributed by atoms with Crippen LogP contribution >= 0.6 is 0 Å². The summed E-state index contributed by atoms with van der Waals surface area (Å²) in [5.41, 5.74) is 0.768. The van der Waals surface area contributed by atoms with Crippen molar-refractivity contribution in [3.63, 3.8) is 0 Å². The van der Waals surface area contributed by atoms with Crippen molar-refractivity contribution < 1.29 is 14.4 Å². The molecule has 0 bridgehead atoms. The van der Waals surface area contributed by atoms with Gasteiger partial charge in [0.05, 0.1) is 6.61 Å². The van der Waals surface area contributed by atoms with Crippen molar-refractivity contribution in [3.05, 3.63) is 35.9 Å². The Bertz CT molecular complexity index is 452. The maximum Gasteiger partial charge on any atom is 0.293 e. The molecule has 0 aliphatic carbocycles. The van der Waals surface area contributed by atoms with E-state index < -0.39 is 0 Å². The summed E-state index contributed by atoms with van der Waals surface area (Å²) in [6.45, 7) is 9.60. The third-order valence-electron chi connectivity index (χ3n) is 4.01. The number of rotatable bonds is 5. The normalized spacial score (nSPS) is 21.9. The first-order chi connectivity index (χ1) is 9.85. The lowest BCUT2D eigenvalue weighted by Crippen LogP contribution is -2.61. The van der Waals surface area contributed by atoms with Crippen LogP contribution in [-0.4, -0.2) is 28.7 Å². The summed E-state index contributed by atoms with van der Waals surface area (Å²) in [6, 6.07) is 10.1. The van der Waals surface area contributed by atoms with Gasteiger partial charge in [-0.15, -0.1) is 0 Å². The Labute approximate surface area is 127 Å². The van der Waals surface area contributed by atoms with Gasteiger partial charge in [0.25, 0.3) is 6.47 Å². The molecule has 0 aromatic heterocycles. The van der Waals surface area contributed by atoms with E-state index in [0.29, 0.717) is 13.1 Å². The molecule has 1 aliphatic heterocycles. The zero-order chi connectivity index (χ0) is 15.5. The van der Waals surface area contributed by atoms with Gasteiger partial charge in [-0.2, -0.15) is 5.06 Å². The maximum absolute atomic E-state index is 10.6. The molecule has 1 aromatic rings. The highest BCUT2D eigenvalue weighted by Gasteiger charge is 2.47. The molecule has 0 N–H and O–H groups in total. The second-order valence-corrected chi connectivity index (χ2v) is 6.94. The summed E-state index contributed by atoms with van der Waals surface area (Å²) in [5.74, 6) is 0. The summed E-state index contributed by atoms with van der Waals surface area (Å²) in [7, 11) is 0. The number of hydrogen-bond acceptors (Lipinski definition) is 4. The van der Waals surface area contributed by atoms with E-state index in [0.717, 1.165) is 18.4 Å². The topological polar surface area (TPSA) is 38.8 Å². The molecule has 4 nitrogen and oxygen atoms in total. The fraction of sp³-hybridized carbons (Fsp3) is 0.588. The number of hydroxylamine groups is 2. The van der Waals surface area contributed by atoms with Crippen LogP contribution in [0.25, 0.3) is 0 Å². The molecule has 1 aromatic carbocycles. The van der Waals surface area contributed by atoms with Crippen molar-refractivity contribution in [1.29, 1.82) is 0 Å². The van der Waals surface area contributed by atoms with Crippen LogP contribution in [0, 0.1) is 0 Å². The number of piperidine rings is 1. The summed E-state index contributed by atoms with van der Waals surface area (Å²) >= 11 is 0. The van der Waals surface area contributed by atoms with E-state index in [1.165, 1.54) is 0 Å². The Hall–Kier alpha value is -1.39. The Kier molecular flexibility index (Phi) is 4.69. The van der Waals surface area contributed by atoms with E-state index in [-0.39, 0.29) is 17.2 Å². The van der Waals surface area contributed by atoms with Gasteiger partial charge in [-0.25, -0.2) is 0 Å². The molecule has 0 unspecified atom stereocenters. The van der Waals surface area contributed by atoms with Gasteiger partial charge in [-0.1, -0.05) is 30.3 Å². The third kappa shape index (κ3) is 3.83. The monoisotopic (exact) mass is 291 g/mol. The number of ether oxygens (including phenoxy) is 1. The van der Waals surface area contributed by atoms with Gasteiger partial charge in [0, 0.05) is 23.9 Å². The van der Waals surface area contributed by atoms with Gasteiger partial charge in [0.2, 0.25) is 0 Å². The van der Waals surface area contributed by atoms with Crippen LogP contribution in [0.2, 0.25) is 0 Å². The largest absolute Gasteiger partial charge is 0.464 e. The predicted molar refractivity (Wildman–Crippen MR) is 81.4 cm³/mol. The van der Waals surface area contributed by atoms with Crippen LogP contribution in [0.3, 0.4) is 0 Å². The number of carbonyl (C=O) groups is 1. The molecular formula is C17H25NO3. The summed E-state index contributed by atoms with van der Waals surface area (Å²) in [6.07, 6.45) is 1.48. The molecule has 0 spiro atoms. The van der Waals surface area contributed by atoms with E-state index >= 15 is 0 Å². The highest BCUT2D eigenvalue weighted by atomic mass is 16.7. The number of carbonyl (C=O) groups excluding carboxylic acids is 1. The number of nitrogens with zero attached hydrogens (tertiary/aromatic N) is 1. The molecule has 1 fully saturated rings. The zero-order valence-electron chi connectivity index (χ0n) is 13.3. The van der Waals surface area contributed by atoms with Crippen molar-refractivity contribution in [3.8, 4) is 0 Å². The lowest BCUT2D eigenvalue weighted by Gasteiger charge is -2.53. The van der Waals surface area contributed by atoms with Crippen molar-refractivity contribution in [2.24, 2.45) is 0 Å². The van der Waals surface area contributed by atoms with E-state index in [2.05, 4.69) is 44.9 Å². The molecule has 2 rings (SSSR count). The van der Waals surface area contributed by atoms with E-state index in [9.17, 15) is 4.79 Å². The molecule has 0 amide bonds. The Balaban J connectivity index is 2.08. The first kappa shape index (κ1) is 16.0. The second kappa shape index (κ2) is 6.16. The van der Waals surface area contributed by atoms with Gasteiger partial charge in [0.15, 0.2) is 0 Å². The lowest BCUT2D eigenvalue weighted by atomic mass is 9.80. The molecule has 116 valence electrons. The molecule has 1 aliphatic rings. The first-order valence-electron chi connectivity index (χ1n) is 7.41. The van der Waals surface area contributed by atoms with Crippen molar-refractivity contribution >= 4 is 6.47 Å². The van der Waals surface area contributed by atoms with E-state index in [1.54, 1.807) is 0 Å². The fourth-order valence-corrected chi connectivity index (χ4v) is 3.41. The molecule has 0 atom stereocenters. The van der Waals surface area contributed by atoms with Crippen LogP contribution in [0.5, 0.6) is 0 Å². The summed E-state index contributed by atoms with van der Waals surface area (Å²) in [4.78, 5) is 16.7. The zero-order valence-corrected chi connectivity index (χ0v) is 13.3. The molecule has 0 saturated carbocycles. The average Bonchev–Trinajstić information content (AvgIpc) is 2.37. The Morgan fingerprint density at radius 3 is 2.24 bits per heavy atom. The van der Waals surface area contributed by atoms with Crippen LogP contribution in [-0.2, 0) is 21.0 Å². The molecule has 4 heteroatoms. The van der Waals surface area contributed by atoms with Crippen LogP contribution < -0.4 is 0 Å².